The van der Waals surface area contributed by atoms with Crippen LogP contribution in [-0.2, 0) is 6.54 Å². The topological polar surface area (TPSA) is 89.0 Å². The lowest BCUT2D eigenvalue weighted by Gasteiger charge is -2.19. The molecule has 0 amide bonds. The lowest BCUT2D eigenvalue weighted by molar-refractivity contribution is 0.0942. The lowest BCUT2D eigenvalue weighted by Crippen LogP contribution is -2.30. The van der Waals surface area contributed by atoms with Crippen LogP contribution in [0.5, 0.6) is 0 Å². The van der Waals surface area contributed by atoms with E-state index in [4.69, 9.17) is 4.52 Å². The number of aryl methyl sites for hydroxylation is 2. The first kappa shape index (κ1) is 19.1. The molecule has 0 bridgehead atoms. The summed E-state index contributed by atoms with van der Waals surface area (Å²) in [6.45, 7) is 8.36. The third-order valence-electron chi connectivity index (χ3n) is 4.79. The summed E-state index contributed by atoms with van der Waals surface area (Å²) >= 11 is 0. The molecule has 0 aliphatic carbocycles. The van der Waals surface area contributed by atoms with E-state index < -0.39 is 5.60 Å². The van der Waals surface area contributed by atoms with E-state index in [0.29, 0.717) is 24.7 Å². The van der Waals surface area contributed by atoms with Gasteiger partial charge in [0.15, 0.2) is 5.65 Å². The fourth-order valence-electron chi connectivity index (χ4n) is 3.39. The molecule has 2 N–H and O–H groups in total. The van der Waals surface area contributed by atoms with Crippen LogP contribution < -0.4 is 5.32 Å². The van der Waals surface area contributed by atoms with Gasteiger partial charge in [-0.25, -0.2) is 4.98 Å². The first-order valence-electron chi connectivity index (χ1n) is 9.61. The third kappa shape index (κ3) is 4.00. The zero-order valence-corrected chi connectivity index (χ0v) is 17.1. The monoisotopic (exact) mass is 391 g/mol. The van der Waals surface area contributed by atoms with Crippen molar-refractivity contribution in [1.82, 2.24) is 19.7 Å². The number of aliphatic hydroxyl groups is 1. The minimum atomic E-state index is -0.856. The summed E-state index contributed by atoms with van der Waals surface area (Å²) < 4.78 is 7.42. The first-order valence-corrected chi connectivity index (χ1v) is 9.61. The van der Waals surface area contributed by atoms with Gasteiger partial charge in [-0.1, -0.05) is 35.5 Å². The van der Waals surface area contributed by atoms with Crippen molar-refractivity contribution in [2.45, 2.75) is 39.8 Å². The van der Waals surface area contributed by atoms with E-state index >= 15 is 0 Å². The molecule has 1 aromatic carbocycles. The molecule has 4 aromatic rings. The van der Waals surface area contributed by atoms with Gasteiger partial charge in [0.1, 0.15) is 5.76 Å². The molecule has 0 fully saturated rings. The molecule has 7 nitrogen and oxygen atoms in total. The Kier molecular flexibility index (Phi) is 4.84. The van der Waals surface area contributed by atoms with Crippen LogP contribution in [0.1, 0.15) is 30.9 Å². The largest absolute Gasteiger partial charge is 0.389 e. The lowest BCUT2D eigenvalue weighted by atomic mass is 10.1. The van der Waals surface area contributed by atoms with E-state index in [0.717, 1.165) is 33.7 Å². The number of fused-ring (bicyclic) bond motifs is 1. The number of hydrogen-bond donors (Lipinski definition) is 2. The van der Waals surface area contributed by atoms with E-state index in [1.54, 1.807) is 20.0 Å². The molecule has 0 unspecified atom stereocenters. The number of benzene rings is 1. The number of nitrogens with zero attached hydrogens (tertiary/aromatic N) is 4. The Morgan fingerprint density at radius 3 is 2.59 bits per heavy atom. The molecule has 3 heterocycles. The van der Waals surface area contributed by atoms with Crippen LogP contribution in [0.25, 0.3) is 22.3 Å². The second-order valence-electron chi connectivity index (χ2n) is 7.94. The van der Waals surface area contributed by atoms with Crippen LogP contribution in [0.2, 0.25) is 0 Å². The Hall–Kier alpha value is -3.19. The highest BCUT2D eigenvalue weighted by molar-refractivity contribution is 5.81. The molecule has 3 aromatic heterocycles. The summed E-state index contributed by atoms with van der Waals surface area (Å²) in [7, 11) is 0. The van der Waals surface area contributed by atoms with Gasteiger partial charge in [0.05, 0.1) is 23.4 Å². The predicted molar refractivity (Wildman–Crippen MR) is 113 cm³/mol. The summed E-state index contributed by atoms with van der Waals surface area (Å²) in [6.07, 6.45) is 1.80. The molecule has 7 heteroatoms. The molecule has 29 heavy (non-hydrogen) atoms. The van der Waals surface area contributed by atoms with Gasteiger partial charge in [0.2, 0.25) is 5.95 Å². The number of aromatic nitrogens is 4. The van der Waals surface area contributed by atoms with Gasteiger partial charge in [-0.05, 0) is 39.3 Å². The number of pyridine rings is 1. The van der Waals surface area contributed by atoms with Gasteiger partial charge in [-0.3, -0.25) is 0 Å². The number of nitrogens with one attached hydrogen (secondary N) is 1. The Labute approximate surface area is 169 Å². The Morgan fingerprint density at radius 2 is 1.93 bits per heavy atom. The van der Waals surface area contributed by atoms with E-state index in [-0.39, 0.29) is 0 Å². The number of hydrogen-bond acceptors (Lipinski definition) is 6. The minimum absolute atomic E-state index is 0.377. The number of imidazole rings is 1. The van der Waals surface area contributed by atoms with Crippen molar-refractivity contribution in [3.63, 3.8) is 0 Å². The maximum absolute atomic E-state index is 10.1. The Balaban J connectivity index is 1.82. The quantitative estimate of drug-likeness (QED) is 0.518. The number of rotatable bonds is 6. The van der Waals surface area contributed by atoms with Crippen molar-refractivity contribution < 1.29 is 9.63 Å². The number of anilines is 1. The van der Waals surface area contributed by atoms with Crippen molar-refractivity contribution >= 4 is 17.1 Å². The molecule has 0 saturated carbocycles. The second-order valence-corrected chi connectivity index (χ2v) is 7.94. The van der Waals surface area contributed by atoms with E-state index in [9.17, 15) is 5.11 Å². The standard InChI is InChI=1S/C22H25N5O2/c1-14-19(15(2)29-26-14)17-10-18-20(23-11-17)25-21(24-13-22(3,4)28)27(18)12-16-8-6-5-7-9-16/h5-11,28H,12-13H2,1-4H3,(H,23,24,25). The minimum Gasteiger partial charge on any atom is -0.389 e. The Morgan fingerprint density at radius 1 is 1.17 bits per heavy atom. The molecular formula is C22H25N5O2. The average molecular weight is 391 g/mol. The van der Waals surface area contributed by atoms with Gasteiger partial charge in [0, 0.05) is 23.9 Å². The highest BCUT2D eigenvalue weighted by Crippen LogP contribution is 2.30. The predicted octanol–water partition coefficient (Wildman–Crippen LogP) is 3.93. The maximum atomic E-state index is 10.1. The second kappa shape index (κ2) is 7.33. The van der Waals surface area contributed by atoms with Gasteiger partial charge in [-0.15, -0.1) is 0 Å². The van der Waals surface area contributed by atoms with E-state index in [1.165, 1.54) is 0 Å². The normalized spacial score (nSPS) is 11.9. The molecule has 0 aliphatic rings. The fourth-order valence-corrected chi connectivity index (χ4v) is 3.39. The molecule has 4 rings (SSSR count). The first-order chi connectivity index (χ1) is 13.8. The molecule has 150 valence electrons. The van der Waals surface area contributed by atoms with Crippen molar-refractivity contribution in [2.24, 2.45) is 0 Å². The van der Waals surface area contributed by atoms with Crippen molar-refractivity contribution in [3.8, 4) is 11.1 Å². The van der Waals surface area contributed by atoms with E-state index in [2.05, 4.69) is 43.2 Å². The van der Waals surface area contributed by atoms with Gasteiger partial charge >= 0.3 is 0 Å². The third-order valence-corrected chi connectivity index (χ3v) is 4.79. The zero-order chi connectivity index (χ0) is 20.6. The van der Waals surface area contributed by atoms with Gasteiger partial charge in [-0.2, -0.15) is 4.98 Å². The molecular weight excluding hydrogens is 366 g/mol. The van der Waals surface area contributed by atoms with Crippen molar-refractivity contribution in [1.29, 1.82) is 0 Å². The van der Waals surface area contributed by atoms with Crippen LogP contribution in [0, 0.1) is 13.8 Å². The highest BCUT2D eigenvalue weighted by atomic mass is 16.5. The maximum Gasteiger partial charge on any atom is 0.205 e. The Bertz CT molecular complexity index is 1120. The van der Waals surface area contributed by atoms with Crippen molar-refractivity contribution in [3.05, 3.63) is 59.6 Å². The van der Waals surface area contributed by atoms with Gasteiger partial charge in [0.25, 0.3) is 0 Å². The molecule has 0 saturated heterocycles. The fraction of sp³-hybridized carbons (Fsp3) is 0.318. The summed E-state index contributed by atoms with van der Waals surface area (Å²) in [5.74, 6) is 1.44. The van der Waals surface area contributed by atoms with Crippen LogP contribution in [0.3, 0.4) is 0 Å². The molecule has 0 aliphatic heterocycles. The summed E-state index contributed by atoms with van der Waals surface area (Å²) in [6, 6.07) is 12.3. The SMILES string of the molecule is Cc1noc(C)c1-c1cnc2nc(NCC(C)(C)O)n(Cc3ccccc3)c2c1. The smallest absolute Gasteiger partial charge is 0.205 e. The van der Waals surface area contributed by atoms with Crippen LogP contribution in [0.15, 0.2) is 47.1 Å². The highest BCUT2D eigenvalue weighted by Gasteiger charge is 2.19. The average Bonchev–Trinajstić information content (AvgIpc) is 3.19. The summed E-state index contributed by atoms with van der Waals surface area (Å²) in [4.78, 5) is 9.25. The summed E-state index contributed by atoms with van der Waals surface area (Å²) in [5.41, 5.74) is 4.58. The van der Waals surface area contributed by atoms with Gasteiger partial charge < -0.3 is 19.5 Å². The van der Waals surface area contributed by atoms with E-state index in [1.807, 2.05) is 32.0 Å². The van der Waals surface area contributed by atoms with Crippen LogP contribution in [-0.4, -0.2) is 36.9 Å². The zero-order valence-electron chi connectivity index (χ0n) is 17.1. The molecule has 0 radical (unpaired) electrons. The van der Waals surface area contributed by atoms with Crippen LogP contribution >= 0.6 is 0 Å². The van der Waals surface area contributed by atoms with Crippen molar-refractivity contribution in [2.75, 3.05) is 11.9 Å². The van der Waals surface area contributed by atoms with Crippen LogP contribution in [0.4, 0.5) is 5.95 Å². The summed E-state index contributed by atoms with van der Waals surface area (Å²) in [5, 5.41) is 17.5. The molecule has 0 spiro atoms. The molecule has 0 atom stereocenters.